The summed E-state index contributed by atoms with van der Waals surface area (Å²) in [4.78, 5) is 25.6. The number of nitrogens with one attached hydrogen (secondary N) is 1. The van der Waals surface area contributed by atoms with E-state index in [1.165, 1.54) is 0 Å². The van der Waals surface area contributed by atoms with Gasteiger partial charge in [0.2, 0.25) is 6.41 Å². The van der Waals surface area contributed by atoms with Crippen LogP contribution in [0.2, 0.25) is 0 Å². The van der Waals surface area contributed by atoms with Crippen molar-refractivity contribution in [2.75, 3.05) is 13.2 Å². The number of hydrogen-bond acceptors (Lipinski definition) is 4. The monoisotopic (exact) mass is 244 g/mol. The number of nitrogens with two attached hydrogens (primary N) is 2. The van der Waals surface area contributed by atoms with E-state index in [2.05, 4.69) is 10.3 Å². The first-order valence-corrected chi connectivity index (χ1v) is 5.53. The summed E-state index contributed by atoms with van der Waals surface area (Å²) >= 11 is 0. The SMILES string of the molecule is CCCOC(=O)[C@H](CCCN=C(N)N)NC=O. The molecule has 0 aromatic carbocycles. The maximum atomic E-state index is 11.5. The minimum atomic E-state index is -0.631. The van der Waals surface area contributed by atoms with Gasteiger partial charge in [-0.2, -0.15) is 0 Å². The number of carbonyl (C=O) groups is 2. The van der Waals surface area contributed by atoms with Crippen molar-refractivity contribution in [3.63, 3.8) is 0 Å². The molecule has 0 aromatic rings. The van der Waals surface area contributed by atoms with Crippen molar-refractivity contribution in [3.05, 3.63) is 0 Å². The fourth-order valence-electron chi connectivity index (χ4n) is 1.16. The normalized spacial score (nSPS) is 11.4. The van der Waals surface area contributed by atoms with Gasteiger partial charge in [0.05, 0.1) is 6.61 Å². The van der Waals surface area contributed by atoms with E-state index < -0.39 is 12.0 Å². The second-order valence-corrected chi connectivity index (χ2v) is 3.45. The summed E-state index contributed by atoms with van der Waals surface area (Å²) in [7, 11) is 0. The molecule has 0 spiro atoms. The Morgan fingerprint density at radius 3 is 2.76 bits per heavy atom. The number of carbonyl (C=O) groups excluding carboxylic acids is 2. The molecule has 1 atom stereocenters. The second kappa shape index (κ2) is 9.44. The van der Waals surface area contributed by atoms with E-state index in [-0.39, 0.29) is 5.96 Å². The van der Waals surface area contributed by atoms with Gasteiger partial charge in [-0.25, -0.2) is 4.79 Å². The highest BCUT2D eigenvalue weighted by Gasteiger charge is 2.18. The molecule has 0 unspecified atom stereocenters. The Hall–Kier alpha value is -1.79. The molecule has 0 aliphatic carbocycles. The molecule has 0 heterocycles. The summed E-state index contributed by atoms with van der Waals surface area (Å²) in [6.07, 6.45) is 2.26. The fraction of sp³-hybridized carbons (Fsp3) is 0.700. The van der Waals surface area contributed by atoms with E-state index in [0.717, 1.165) is 6.42 Å². The zero-order chi connectivity index (χ0) is 13.1. The largest absolute Gasteiger partial charge is 0.464 e. The van der Waals surface area contributed by atoms with E-state index in [4.69, 9.17) is 16.2 Å². The number of guanidine groups is 1. The Bertz CT molecular complexity index is 264. The van der Waals surface area contributed by atoms with Gasteiger partial charge in [0, 0.05) is 6.54 Å². The highest BCUT2D eigenvalue weighted by molar-refractivity contribution is 5.78. The maximum Gasteiger partial charge on any atom is 0.328 e. The molecule has 5 N–H and O–H groups in total. The van der Waals surface area contributed by atoms with Crippen LogP contribution in [0, 0.1) is 0 Å². The minimum absolute atomic E-state index is 0.0125. The average Bonchev–Trinajstić information content (AvgIpc) is 2.29. The molecule has 0 aromatic heterocycles. The summed E-state index contributed by atoms with van der Waals surface area (Å²) in [5.74, 6) is -0.415. The van der Waals surface area contributed by atoms with Crippen molar-refractivity contribution in [3.8, 4) is 0 Å². The number of amides is 1. The number of esters is 1. The summed E-state index contributed by atoms with van der Waals surface area (Å²) in [6.45, 7) is 2.67. The smallest absolute Gasteiger partial charge is 0.328 e. The summed E-state index contributed by atoms with van der Waals surface area (Å²) in [6, 6.07) is -0.631. The van der Waals surface area contributed by atoms with Gasteiger partial charge in [0.1, 0.15) is 6.04 Å². The lowest BCUT2D eigenvalue weighted by Crippen LogP contribution is -2.37. The molecular weight excluding hydrogens is 224 g/mol. The molecular formula is C10H20N4O3. The summed E-state index contributed by atoms with van der Waals surface area (Å²) in [5, 5.41) is 2.41. The topological polar surface area (TPSA) is 120 Å². The third-order valence-corrected chi connectivity index (χ3v) is 1.95. The van der Waals surface area contributed by atoms with Crippen LogP contribution in [0.4, 0.5) is 0 Å². The highest BCUT2D eigenvalue weighted by Crippen LogP contribution is 2.00. The maximum absolute atomic E-state index is 11.5. The number of aliphatic imine (C=N–C) groups is 1. The lowest BCUT2D eigenvalue weighted by atomic mass is 10.1. The molecule has 0 bridgehead atoms. The van der Waals surface area contributed by atoms with Crippen LogP contribution in [-0.2, 0) is 14.3 Å². The first kappa shape index (κ1) is 15.2. The number of ether oxygens (including phenoxy) is 1. The zero-order valence-electron chi connectivity index (χ0n) is 10.0. The fourth-order valence-corrected chi connectivity index (χ4v) is 1.16. The third kappa shape index (κ3) is 8.06. The van der Waals surface area contributed by atoms with Crippen LogP contribution in [-0.4, -0.2) is 37.5 Å². The van der Waals surface area contributed by atoms with Crippen molar-refractivity contribution in [1.29, 1.82) is 0 Å². The van der Waals surface area contributed by atoms with Gasteiger partial charge in [0.15, 0.2) is 5.96 Å². The quantitative estimate of drug-likeness (QED) is 0.160. The van der Waals surface area contributed by atoms with Crippen molar-refractivity contribution < 1.29 is 14.3 Å². The molecule has 0 rings (SSSR count). The molecule has 0 aliphatic heterocycles. The second-order valence-electron chi connectivity index (χ2n) is 3.45. The van der Waals surface area contributed by atoms with Crippen LogP contribution in [0.1, 0.15) is 26.2 Å². The van der Waals surface area contributed by atoms with Gasteiger partial charge >= 0.3 is 5.97 Å². The van der Waals surface area contributed by atoms with Gasteiger partial charge in [-0.05, 0) is 19.3 Å². The molecule has 0 saturated heterocycles. The van der Waals surface area contributed by atoms with E-state index in [9.17, 15) is 9.59 Å². The lowest BCUT2D eigenvalue weighted by molar-refractivity contribution is -0.147. The molecule has 0 radical (unpaired) electrons. The number of rotatable bonds is 9. The summed E-state index contributed by atoms with van der Waals surface area (Å²) < 4.78 is 4.94. The zero-order valence-corrected chi connectivity index (χ0v) is 10.0. The lowest BCUT2D eigenvalue weighted by Gasteiger charge is -2.14. The Balaban J connectivity index is 4.00. The number of nitrogens with zero attached hydrogens (tertiary/aromatic N) is 1. The molecule has 7 heteroatoms. The molecule has 1 amide bonds. The van der Waals surface area contributed by atoms with Gasteiger partial charge in [-0.1, -0.05) is 6.92 Å². The predicted molar refractivity (Wildman–Crippen MR) is 64.1 cm³/mol. The van der Waals surface area contributed by atoms with Crippen LogP contribution in [0.15, 0.2) is 4.99 Å². The van der Waals surface area contributed by atoms with Crippen molar-refractivity contribution >= 4 is 18.3 Å². The van der Waals surface area contributed by atoms with E-state index in [1.807, 2.05) is 6.92 Å². The van der Waals surface area contributed by atoms with Gasteiger partial charge in [0.25, 0.3) is 0 Å². The van der Waals surface area contributed by atoms with Crippen LogP contribution in [0.5, 0.6) is 0 Å². The Morgan fingerprint density at radius 1 is 1.53 bits per heavy atom. The van der Waals surface area contributed by atoms with Gasteiger partial charge in [-0.3, -0.25) is 9.79 Å². The molecule has 0 aliphatic rings. The number of hydrogen-bond donors (Lipinski definition) is 3. The predicted octanol–water partition coefficient (Wildman–Crippen LogP) is -0.892. The van der Waals surface area contributed by atoms with Crippen molar-refractivity contribution in [2.45, 2.75) is 32.2 Å². The van der Waals surface area contributed by atoms with E-state index in [0.29, 0.717) is 32.4 Å². The van der Waals surface area contributed by atoms with Crippen molar-refractivity contribution in [2.24, 2.45) is 16.5 Å². The van der Waals surface area contributed by atoms with Crippen LogP contribution in [0.3, 0.4) is 0 Å². The molecule has 0 fully saturated rings. The Labute approximate surface area is 101 Å². The first-order valence-electron chi connectivity index (χ1n) is 5.53. The summed E-state index contributed by atoms with van der Waals surface area (Å²) in [5.41, 5.74) is 10.3. The molecule has 98 valence electrons. The van der Waals surface area contributed by atoms with Gasteiger partial charge < -0.3 is 21.5 Å². The Morgan fingerprint density at radius 2 is 2.24 bits per heavy atom. The van der Waals surface area contributed by atoms with Crippen molar-refractivity contribution in [1.82, 2.24) is 5.32 Å². The molecule has 0 saturated carbocycles. The van der Waals surface area contributed by atoms with Crippen LogP contribution < -0.4 is 16.8 Å². The first-order chi connectivity index (χ1) is 8.11. The van der Waals surface area contributed by atoms with E-state index >= 15 is 0 Å². The van der Waals surface area contributed by atoms with Crippen LogP contribution in [0.25, 0.3) is 0 Å². The van der Waals surface area contributed by atoms with Crippen LogP contribution >= 0.6 is 0 Å². The Kier molecular flexibility index (Phi) is 8.44. The van der Waals surface area contributed by atoms with E-state index in [1.54, 1.807) is 0 Å². The highest BCUT2D eigenvalue weighted by atomic mass is 16.5. The third-order valence-electron chi connectivity index (χ3n) is 1.95. The molecule has 17 heavy (non-hydrogen) atoms. The van der Waals surface area contributed by atoms with Gasteiger partial charge in [-0.15, -0.1) is 0 Å². The average molecular weight is 244 g/mol. The minimum Gasteiger partial charge on any atom is -0.464 e. The standard InChI is InChI=1S/C10H20N4O3/c1-2-6-17-9(16)8(14-7-15)4-3-5-13-10(11)12/h7-8H,2-6H2,1H3,(H,14,15)(H4,11,12,13)/t8-/m0/s1. The molecule has 7 nitrogen and oxygen atoms in total.